The van der Waals surface area contributed by atoms with Gasteiger partial charge in [-0.2, -0.15) is 0 Å². The molecule has 0 aliphatic rings. The van der Waals surface area contributed by atoms with Gasteiger partial charge in [-0.15, -0.1) is 0 Å². The number of anilines is 2. The van der Waals surface area contributed by atoms with E-state index in [1.807, 2.05) is 37.3 Å². The van der Waals surface area contributed by atoms with Gasteiger partial charge in [0.05, 0.1) is 34.2 Å². The van der Waals surface area contributed by atoms with E-state index in [4.69, 9.17) is 5.73 Å². The lowest BCUT2D eigenvalue weighted by molar-refractivity contribution is 0.224. The van der Waals surface area contributed by atoms with Crippen molar-refractivity contribution in [1.29, 1.82) is 0 Å². The van der Waals surface area contributed by atoms with Gasteiger partial charge in [-0.1, -0.05) is 30.3 Å². The summed E-state index contributed by atoms with van der Waals surface area (Å²) in [4.78, 5) is 4.00. The molecule has 0 saturated heterocycles. The normalized spacial score (nSPS) is 13.8. The van der Waals surface area contributed by atoms with Crippen LogP contribution in [0.25, 0.3) is 0 Å². The van der Waals surface area contributed by atoms with Crippen LogP contribution in [-0.4, -0.2) is 16.7 Å². The van der Waals surface area contributed by atoms with Crippen molar-refractivity contribution in [2.45, 2.75) is 12.5 Å². The molecule has 1 heterocycles. The molecule has 2 aromatic rings. The number of hydrogen-bond donors (Lipinski definition) is 3. The number of halogens is 1. The number of rotatable bonds is 4. The van der Waals surface area contributed by atoms with Gasteiger partial charge in [0.1, 0.15) is 0 Å². The minimum absolute atomic E-state index is 0.0504. The first-order chi connectivity index (χ1) is 9.07. The lowest BCUT2D eigenvalue weighted by atomic mass is 9.92. The third-order valence-corrected chi connectivity index (χ3v) is 3.66. The van der Waals surface area contributed by atoms with Crippen LogP contribution in [0.15, 0.2) is 47.2 Å². The molecular formula is C14H16BrN3O. The highest BCUT2D eigenvalue weighted by atomic mass is 79.9. The van der Waals surface area contributed by atoms with Crippen LogP contribution in [0.2, 0.25) is 0 Å². The van der Waals surface area contributed by atoms with Crippen molar-refractivity contribution in [3.63, 3.8) is 0 Å². The molecule has 1 aromatic carbocycles. The molecule has 0 saturated carbocycles. The molecule has 4 N–H and O–H groups in total. The topological polar surface area (TPSA) is 71.2 Å². The third kappa shape index (κ3) is 2.88. The fourth-order valence-electron chi connectivity index (χ4n) is 1.87. The SMILES string of the molecule is CC(CO)(Nc1c(N)cncc1Br)c1ccccc1. The molecule has 0 radical (unpaired) electrons. The standard InChI is InChI=1S/C14H16BrN3O/c1-14(9-19,10-5-3-2-4-6-10)18-13-11(15)7-17-8-12(13)16/h2-8,19H,9,16H2,1H3,(H,17,18). The summed E-state index contributed by atoms with van der Waals surface area (Å²) in [5.41, 5.74) is 7.56. The number of aliphatic hydroxyl groups is 1. The predicted octanol–water partition coefficient (Wildman–Crippen LogP) is 2.75. The Hall–Kier alpha value is -1.59. The number of nitrogens with one attached hydrogen (secondary N) is 1. The van der Waals surface area contributed by atoms with Crippen molar-refractivity contribution >= 4 is 27.3 Å². The molecule has 1 aromatic heterocycles. The van der Waals surface area contributed by atoms with Crippen LogP contribution in [0.1, 0.15) is 12.5 Å². The van der Waals surface area contributed by atoms with E-state index in [-0.39, 0.29) is 6.61 Å². The van der Waals surface area contributed by atoms with Gasteiger partial charge in [-0.3, -0.25) is 4.98 Å². The van der Waals surface area contributed by atoms with Crippen LogP contribution < -0.4 is 11.1 Å². The molecule has 0 aliphatic heterocycles. The lowest BCUT2D eigenvalue weighted by Crippen LogP contribution is -2.36. The van der Waals surface area contributed by atoms with E-state index < -0.39 is 5.54 Å². The Balaban J connectivity index is 2.39. The zero-order valence-electron chi connectivity index (χ0n) is 10.6. The first kappa shape index (κ1) is 13.8. The summed E-state index contributed by atoms with van der Waals surface area (Å²) in [6.07, 6.45) is 3.25. The minimum Gasteiger partial charge on any atom is -0.396 e. The first-order valence-electron chi connectivity index (χ1n) is 5.90. The number of nitrogens with two attached hydrogens (primary N) is 1. The Morgan fingerprint density at radius 2 is 2.00 bits per heavy atom. The van der Waals surface area contributed by atoms with E-state index in [1.54, 1.807) is 12.4 Å². The maximum absolute atomic E-state index is 9.75. The van der Waals surface area contributed by atoms with Gasteiger partial charge < -0.3 is 16.2 Å². The maximum Gasteiger partial charge on any atom is 0.0829 e. The molecule has 19 heavy (non-hydrogen) atoms. The molecule has 5 heteroatoms. The van der Waals surface area contributed by atoms with E-state index in [1.165, 1.54) is 0 Å². The van der Waals surface area contributed by atoms with Gasteiger partial charge in [0.25, 0.3) is 0 Å². The lowest BCUT2D eigenvalue weighted by Gasteiger charge is -2.31. The molecule has 0 bridgehead atoms. The Labute approximate surface area is 120 Å². The highest BCUT2D eigenvalue weighted by Gasteiger charge is 2.26. The van der Waals surface area contributed by atoms with Gasteiger partial charge in [0, 0.05) is 6.20 Å². The first-order valence-corrected chi connectivity index (χ1v) is 6.69. The van der Waals surface area contributed by atoms with Crippen molar-refractivity contribution < 1.29 is 5.11 Å². The molecule has 0 spiro atoms. The Morgan fingerprint density at radius 3 is 2.58 bits per heavy atom. The second-order valence-corrected chi connectivity index (χ2v) is 5.42. The van der Waals surface area contributed by atoms with Crippen LogP contribution in [0, 0.1) is 0 Å². The van der Waals surface area contributed by atoms with Gasteiger partial charge in [0.2, 0.25) is 0 Å². The summed E-state index contributed by atoms with van der Waals surface area (Å²) < 4.78 is 0.767. The summed E-state index contributed by atoms with van der Waals surface area (Å²) in [6, 6.07) is 9.76. The number of nitrogen functional groups attached to an aromatic ring is 1. The maximum atomic E-state index is 9.75. The van der Waals surface area contributed by atoms with E-state index in [0.29, 0.717) is 5.69 Å². The average molecular weight is 322 g/mol. The van der Waals surface area contributed by atoms with Gasteiger partial charge in [-0.05, 0) is 28.4 Å². The largest absolute Gasteiger partial charge is 0.396 e. The molecule has 0 amide bonds. The molecule has 0 fully saturated rings. The average Bonchev–Trinajstić information content (AvgIpc) is 2.44. The van der Waals surface area contributed by atoms with Crippen LogP contribution in [-0.2, 0) is 5.54 Å². The number of nitrogens with zero attached hydrogens (tertiary/aromatic N) is 1. The Bertz CT molecular complexity index is 542. The molecule has 2 rings (SSSR count). The second kappa shape index (κ2) is 5.59. The van der Waals surface area contributed by atoms with E-state index >= 15 is 0 Å². The van der Waals surface area contributed by atoms with E-state index in [9.17, 15) is 5.11 Å². The molecule has 1 unspecified atom stereocenters. The third-order valence-electron chi connectivity index (χ3n) is 3.06. The van der Waals surface area contributed by atoms with Crippen LogP contribution in [0.4, 0.5) is 11.4 Å². The highest BCUT2D eigenvalue weighted by Crippen LogP contribution is 2.33. The van der Waals surface area contributed by atoms with Gasteiger partial charge >= 0.3 is 0 Å². The Morgan fingerprint density at radius 1 is 1.32 bits per heavy atom. The summed E-state index contributed by atoms with van der Waals surface area (Å²) in [5.74, 6) is 0. The van der Waals surface area contributed by atoms with E-state index in [0.717, 1.165) is 15.7 Å². The van der Waals surface area contributed by atoms with Crippen molar-refractivity contribution in [1.82, 2.24) is 4.98 Å². The smallest absolute Gasteiger partial charge is 0.0829 e. The number of pyridine rings is 1. The quantitative estimate of drug-likeness (QED) is 0.809. The van der Waals surface area contributed by atoms with Gasteiger partial charge in [0.15, 0.2) is 0 Å². The molecular weight excluding hydrogens is 306 g/mol. The summed E-state index contributed by atoms with van der Waals surface area (Å²) in [6.45, 7) is 1.87. The molecule has 1 atom stereocenters. The van der Waals surface area contributed by atoms with Crippen LogP contribution in [0.3, 0.4) is 0 Å². The highest BCUT2D eigenvalue weighted by molar-refractivity contribution is 9.10. The van der Waals surface area contributed by atoms with Crippen LogP contribution in [0.5, 0.6) is 0 Å². The number of aliphatic hydroxyl groups excluding tert-OH is 1. The molecule has 100 valence electrons. The summed E-state index contributed by atoms with van der Waals surface area (Å²) in [7, 11) is 0. The van der Waals surface area contributed by atoms with Crippen molar-refractivity contribution in [2.75, 3.05) is 17.7 Å². The molecule has 0 aliphatic carbocycles. The molecule has 4 nitrogen and oxygen atoms in total. The second-order valence-electron chi connectivity index (χ2n) is 4.57. The fraction of sp³-hybridized carbons (Fsp3) is 0.214. The number of benzene rings is 1. The van der Waals surface area contributed by atoms with Crippen molar-refractivity contribution in [3.8, 4) is 0 Å². The fourth-order valence-corrected chi connectivity index (χ4v) is 2.31. The predicted molar refractivity (Wildman–Crippen MR) is 80.9 cm³/mol. The zero-order valence-corrected chi connectivity index (χ0v) is 12.2. The zero-order chi connectivity index (χ0) is 13.9. The summed E-state index contributed by atoms with van der Waals surface area (Å²) >= 11 is 3.41. The minimum atomic E-state index is -0.612. The number of aromatic nitrogens is 1. The van der Waals surface area contributed by atoms with Gasteiger partial charge in [-0.25, -0.2) is 0 Å². The van der Waals surface area contributed by atoms with Crippen molar-refractivity contribution in [3.05, 3.63) is 52.8 Å². The Kier molecular flexibility index (Phi) is 4.07. The summed E-state index contributed by atoms with van der Waals surface area (Å²) in [5, 5.41) is 13.0. The van der Waals surface area contributed by atoms with Crippen molar-refractivity contribution in [2.24, 2.45) is 0 Å². The van der Waals surface area contributed by atoms with Crippen LogP contribution >= 0.6 is 15.9 Å². The number of hydrogen-bond acceptors (Lipinski definition) is 4. The van der Waals surface area contributed by atoms with E-state index in [2.05, 4.69) is 26.2 Å². The monoisotopic (exact) mass is 321 g/mol.